The van der Waals surface area contributed by atoms with Crippen LogP contribution >= 0.6 is 11.3 Å². The number of nitrogens with one attached hydrogen (secondary N) is 1. The summed E-state index contributed by atoms with van der Waals surface area (Å²) in [5, 5.41) is 14.0. The van der Waals surface area contributed by atoms with Crippen molar-refractivity contribution in [3.8, 4) is 27.5 Å². The van der Waals surface area contributed by atoms with Crippen LogP contribution in [0.5, 0.6) is 0 Å². The Bertz CT molecular complexity index is 1630. The summed E-state index contributed by atoms with van der Waals surface area (Å²) in [6.07, 6.45) is 0.281. The molecule has 0 aliphatic heterocycles. The van der Waals surface area contributed by atoms with Gasteiger partial charge in [-0.3, -0.25) is 14.7 Å². The van der Waals surface area contributed by atoms with E-state index in [0.717, 1.165) is 33.6 Å². The van der Waals surface area contributed by atoms with Gasteiger partial charge in [0.2, 0.25) is 11.0 Å². The lowest BCUT2D eigenvalue weighted by Crippen LogP contribution is -2.17. The van der Waals surface area contributed by atoms with Gasteiger partial charge < -0.3 is 10.8 Å². The average molecular weight is 497 g/mol. The van der Waals surface area contributed by atoms with Gasteiger partial charge in [0.25, 0.3) is 5.56 Å². The largest absolute Gasteiger partial charge is 0.476 e. The zero-order valence-electron chi connectivity index (χ0n) is 18.8. The van der Waals surface area contributed by atoms with Crippen molar-refractivity contribution in [3.05, 3.63) is 117 Å². The van der Waals surface area contributed by atoms with Crippen LogP contribution < -0.4 is 11.3 Å². The highest BCUT2D eigenvalue weighted by atomic mass is 32.1. The van der Waals surface area contributed by atoms with E-state index in [2.05, 4.69) is 10.1 Å². The number of aromatic nitrogens is 3. The quantitative estimate of drug-likeness (QED) is 0.308. The molecule has 2 aromatic heterocycles. The van der Waals surface area contributed by atoms with Crippen LogP contribution in [0.3, 0.4) is 0 Å². The number of primary amides is 1. The Kier molecular flexibility index (Phi) is 6.05. The predicted molar refractivity (Wildman–Crippen MR) is 138 cm³/mol. The summed E-state index contributed by atoms with van der Waals surface area (Å²) in [7, 11) is 0. The smallest absolute Gasteiger partial charge is 0.355 e. The van der Waals surface area contributed by atoms with Crippen LogP contribution in [0.2, 0.25) is 0 Å². The number of carboxylic acids is 1. The zero-order valence-corrected chi connectivity index (χ0v) is 19.7. The van der Waals surface area contributed by atoms with E-state index in [0.29, 0.717) is 16.8 Å². The van der Waals surface area contributed by atoms with Crippen LogP contribution in [0.15, 0.2) is 89.0 Å². The Morgan fingerprint density at radius 2 is 1.64 bits per heavy atom. The molecule has 178 valence electrons. The molecule has 36 heavy (non-hydrogen) atoms. The molecule has 0 saturated carbocycles. The second-order valence-corrected chi connectivity index (χ2v) is 8.95. The van der Waals surface area contributed by atoms with Crippen LogP contribution in [-0.2, 0) is 6.42 Å². The van der Waals surface area contributed by atoms with E-state index in [1.54, 1.807) is 24.3 Å². The van der Waals surface area contributed by atoms with Crippen molar-refractivity contribution in [2.24, 2.45) is 5.73 Å². The lowest BCUT2D eigenvalue weighted by atomic mass is 9.97. The molecule has 0 spiro atoms. The topological polar surface area (TPSA) is 131 Å². The Hall–Kier alpha value is -4.76. The molecule has 3 aromatic carbocycles. The van der Waals surface area contributed by atoms with E-state index in [9.17, 15) is 19.5 Å². The summed E-state index contributed by atoms with van der Waals surface area (Å²) in [6, 6.07) is 24.5. The Labute approximate surface area is 209 Å². The number of hydrogen-bond acceptors (Lipinski definition) is 5. The Balaban J connectivity index is 1.63. The van der Waals surface area contributed by atoms with E-state index in [4.69, 9.17) is 5.73 Å². The van der Waals surface area contributed by atoms with Gasteiger partial charge in [-0.2, -0.15) is 4.68 Å². The molecule has 2 heterocycles. The lowest BCUT2D eigenvalue weighted by molar-refractivity contribution is 0.0691. The number of H-pyrrole nitrogens is 1. The van der Waals surface area contributed by atoms with Gasteiger partial charge in [0.05, 0.1) is 5.69 Å². The molecular weight excluding hydrogens is 476 g/mol. The lowest BCUT2D eigenvalue weighted by Gasteiger charge is -2.07. The van der Waals surface area contributed by atoms with Crippen molar-refractivity contribution in [1.29, 1.82) is 0 Å². The number of aromatic carboxylic acids is 1. The van der Waals surface area contributed by atoms with E-state index >= 15 is 0 Å². The molecule has 0 radical (unpaired) electrons. The molecule has 0 aliphatic rings. The Morgan fingerprint density at radius 3 is 2.31 bits per heavy atom. The van der Waals surface area contributed by atoms with Gasteiger partial charge in [-0.1, -0.05) is 60.7 Å². The predicted octanol–water partition coefficient (Wildman–Crippen LogP) is 4.34. The monoisotopic (exact) mass is 496 g/mol. The number of rotatable bonds is 7. The van der Waals surface area contributed by atoms with Crippen molar-refractivity contribution < 1.29 is 14.7 Å². The van der Waals surface area contributed by atoms with Gasteiger partial charge in [0.15, 0.2) is 5.69 Å². The van der Waals surface area contributed by atoms with Crippen LogP contribution in [0, 0.1) is 0 Å². The van der Waals surface area contributed by atoms with Crippen molar-refractivity contribution in [1.82, 2.24) is 14.8 Å². The number of aromatic amines is 1. The van der Waals surface area contributed by atoms with E-state index in [-0.39, 0.29) is 22.8 Å². The summed E-state index contributed by atoms with van der Waals surface area (Å²) in [6.45, 7) is 0. The van der Waals surface area contributed by atoms with Crippen molar-refractivity contribution >= 4 is 23.2 Å². The van der Waals surface area contributed by atoms with E-state index in [1.165, 1.54) is 10.1 Å². The van der Waals surface area contributed by atoms with Gasteiger partial charge in [-0.15, -0.1) is 11.3 Å². The molecule has 0 fully saturated rings. The van der Waals surface area contributed by atoms with Crippen molar-refractivity contribution in [2.75, 3.05) is 0 Å². The number of carboxylic acid groups (broad SMARTS) is 1. The number of hydrogen-bond donors (Lipinski definition) is 3. The minimum Gasteiger partial charge on any atom is -0.476 e. The summed E-state index contributed by atoms with van der Waals surface area (Å²) in [4.78, 5) is 40.4. The fraction of sp³-hybridized carbons (Fsp3) is 0.0370. The average Bonchev–Trinajstić information content (AvgIpc) is 3.51. The first kappa shape index (κ1) is 23.0. The van der Waals surface area contributed by atoms with Gasteiger partial charge >= 0.3 is 5.97 Å². The molecule has 0 unspecified atom stereocenters. The number of amides is 1. The summed E-state index contributed by atoms with van der Waals surface area (Å²) in [5.41, 5.74) is 9.99. The highest BCUT2D eigenvalue weighted by Crippen LogP contribution is 2.28. The van der Waals surface area contributed by atoms with Gasteiger partial charge in [0, 0.05) is 28.5 Å². The third kappa shape index (κ3) is 4.47. The molecule has 0 saturated heterocycles. The van der Waals surface area contributed by atoms with Gasteiger partial charge in [-0.05, 0) is 34.9 Å². The minimum atomic E-state index is -1.16. The van der Waals surface area contributed by atoms with Crippen LogP contribution in [-0.4, -0.2) is 31.7 Å². The van der Waals surface area contributed by atoms with E-state index < -0.39 is 11.9 Å². The summed E-state index contributed by atoms with van der Waals surface area (Å²) < 4.78 is 1.27. The first-order valence-electron chi connectivity index (χ1n) is 11.0. The number of benzene rings is 3. The number of carbonyl (C=O) groups excluding carboxylic acids is 1. The van der Waals surface area contributed by atoms with Crippen LogP contribution in [0.1, 0.15) is 32.0 Å². The molecule has 8 nitrogen and oxygen atoms in total. The second-order valence-electron chi connectivity index (χ2n) is 8.11. The summed E-state index contributed by atoms with van der Waals surface area (Å²) >= 11 is 1.06. The molecule has 5 aromatic rings. The van der Waals surface area contributed by atoms with Crippen LogP contribution in [0.4, 0.5) is 0 Å². The zero-order chi connectivity index (χ0) is 25.2. The first-order chi connectivity index (χ1) is 17.4. The normalized spacial score (nSPS) is 10.9. The molecule has 0 atom stereocenters. The maximum Gasteiger partial charge on any atom is 0.355 e. The number of carbonyl (C=O) groups is 2. The highest BCUT2D eigenvalue weighted by Gasteiger charge is 2.20. The number of nitrogens with two attached hydrogens (primary N) is 1. The SMILES string of the molecule is NC(=O)c1ccc(Cc2c(-c3cccc(-c4ccccc4)c3)[nH]n(-c3nc(C(=O)O)cs3)c2=O)cc1. The van der Waals surface area contributed by atoms with Crippen molar-refractivity contribution in [3.63, 3.8) is 0 Å². The highest BCUT2D eigenvalue weighted by molar-refractivity contribution is 7.12. The maximum absolute atomic E-state index is 13.6. The molecule has 9 heteroatoms. The molecule has 0 bridgehead atoms. The first-order valence-corrected chi connectivity index (χ1v) is 11.9. The fourth-order valence-corrected chi connectivity index (χ4v) is 4.71. The second kappa shape index (κ2) is 9.47. The maximum atomic E-state index is 13.6. The number of nitrogens with zero attached hydrogens (tertiary/aromatic N) is 2. The molecule has 5 rings (SSSR count). The van der Waals surface area contributed by atoms with Crippen LogP contribution in [0.25, 0.3) is 27.5 Å². The summed E-state index contributed by atoms with van der Waals surface area (Å²) in [5.74, 6) is -1.69. The Morgan fingerprint density at radius 1 is 0.944 bits per heavy atom. The molecular formula is C27H20N4O4S. The van der Waals surface area contributed by atoms with Crippen molar-refractivity contribution in [2.45, 2.75) is 6.42 Å². The van der Waals surface area contributed by atoms with Gasteiger partial charge in [-0.25, -0.2) is 9.78 Å². The third-order valence-electron chi connectivity index (χ3n) is 5.77. The minimum absolute atomic E-state index is 0.132. The number of thiazole rings is 1. The van der Waals surface area contributed by atoms with Gasteiger partial charge in [0.1, 0.15) is 0 Å². The third-order valence-corrected chi connectivity index (χ3v) is 6.59. The standard InChI is InChI=1S/C27H20N4O4S/c28-24(32)18-11-9-16(10-12-18)13-21-23(20-8-4-7-19(14-20)17-5-2-1-3-6-17)30-31(25(21)33)27-29-22(15-36-27)26(34)35/h1-12,14-15,30H,13H2,(H2,28,32)(H,34,35). The molecule has 0 aliphatic carbocycles. The van der Waals surface area contributed by atoms with E-state index in [1.807, 2.05) is 54.6 Å². The fourth-order valence-electron chi connectivity index (χ4n) is 3.95. The molecule has 1 amide bonds. The molecule has 4 N–H and O–H groups in total.